The molecule has 4 rings (SSSR count). The van der Waals surface area contributed by atoms with Crippen molar-refractivity contribution < 1.29 is 0 Å². The highest BCUT2D eigenvalue weighted by Gasteiger charge is 2.21. The fourth-order valence-corrected chi connectivity index (χ4v) is 4.19. The smallest absolute Gasteiger partial charge is 0.232 e. The summed E-state index contributed by atoms with van der Waals surface area (Å²) in [4.78, 5) is 14.3. The van der Waals surface area contributed by atoms with Gasteiger partial charge in [-0.25, -0.2) is 0 Å². The first-order chi connectivity index (χ1) is 14.2. The van der Waals surface area contributed by atoms with E-state index in [0.717, 1.165) is 57.2 Å². The second-order valence-corrected chi connectivity index (χ2v) is 8.19. The molecule has 0 bridgehead atoms. The van der Waals surface area contributed by atoms with Crippen molar-refractivity contribution >= 4 is 34.9 Å². The van der Waals surface area contributed by atoms with Crippen LogP contribution in [0.2, 0.25) is 0 Å². The quantitative estimate of drug-likeness (QED) is 0.729. The topological polar surface area (TPSA) is 56.3 Å². The number of rotatable bonds is 5. The van der Waals surface area contributed by atoms with Crippen molar-refractivity contribution in [3.05, 3.63) is 41.5 Å². The van der Waals surface area contributed by atoms with E-state index in [1.807, 2.05) is 0 Å². The van der Waals surface area contributed by atoms with Crippen LogP contribution < -0.4 is 20.4 Å². The van der Waals surface area contributed by atoms with E-state index >= 15 is 0 Å². The Morgan fingerprint density at radius 3 is 2.48 bits per heavy atom. The number of aromatic nitrogens is 2. The Balaban J connectivity index is 1.59. The molecule has 0 atom stereocenters. The van der Waals surface area contributed by atoms with Crippen LogP contribution in [0.1, 0.15) is 43.7 Å². The number of benzene rings is 1. The molecule has 2 aliphatic rings. The highest BCUT2D eigenvalue weighted by atomic mass is 32.1. The van der Waals surface area contributed by atoms with Crippen molar-refractivity contribution in [3.8, 4) is 0 Å². The standard InChI is InChI=1S/C22H30N6S/c1-2-11-23-22(29)26-21-24-19(27-12-6-3-7-13-27)15-20(25-21)28-14-10-17-8-4-5-9-18(17)16-28/h4-5,8-9,15H,2-3,6-7,10-14,16H2,1H3,(H2,23,24,25,26,29). The third-order valence-corrected chi connectivity index (χ3v) is 5.84. The molecule has 0 amide bonds. The van der Waals surface area contributed by atoms with E-state index in [9.17, 15) is 0 Å². The molecule has 0 aliphatic carbocycles. The number of nitrogens with one attached hydrogen (secondary N) is 2. The van der Waals surface area contributed by atoms with E-state index in [4.69, 9.17) is 22.2 Å². The Morgan fingerprint density at radius 1 is 1.00 bits per heavy atom. The molecule has 2 aliphatic heterocycles. The zero-order valence-corrected chi connectivity index (χ0v) is 18.0. The molecular formula is C22H30N6S. The minimum Gasteiger partial charge on any atom is -0.362 e. The van der Waals surface area contributed by atoms with E-state index in [-0.39, 0.29) is 0 Å². The molecular weight excluding hydrogens is 380 g/mol. The summed E-state index contributed by atoms with van der Waals surface area (Å²) in [5.41, 5.74) is 2.82. The summed E-state index contributed by atoms with van der Waals surface area (Å²) in [5, 5.41) is 6.99. The van der Waals surface area contributed by atoms with Crippen LogP contribution in [0.4, 0.5) is 17.6 Å². The van der Waals surface area contributed by atoms with Crippen molar-refractivity contribution in [1.82, 2.24) is 15.3 Å². The summed E-state index contributed by atoms with van der Waals surface area (Å²) < 4.78 is 0. The molecule has 1 fully saturated rings. The zero-order valence-electron chi connectivity index (χ0n) is 17.2. The molecule has 0 unspecified atom stereocenters. The van der Waals surface area contributed by atoms with Crippen LogP contribution in [0.5, 0.6) is 0 Å². The van der Waals surface area contributed by atoms with E-state index in [1.54, 1.807) is 0 Å². The third-order valence-electron chi connectivity index (χ3n) is 5.59. The van der Waals surface area contributed by atoms with Gasteiger partial charge in [-0.2, -0.15) is 9.97 Å². The molecule has 0 radical (unpaired) electrons. The van der Waals surface area contributed by atoms with E-state index in [1.165, 1.54) is 30.4 Å². The number of hydrogen-bond acceptors (Lipinski definition) is 5. The van der Waals surface area contributed by atoms with Gasteiger partial charge < -0.3 is 20.4 Å². The van der Waals surface area contributed by atoms with E-state index in [0.29, 0.717) is 11.1 Å². The maximum absolute atomic E-state index is 5.42. The van der Waals surface area contributed by atoms with Crippen molar-refractivity contribution in [2.75, 3.05) is 41.3 Å². The summed E-state index contributed by atoms with van der Waals surface area (Å²) in [7, 11) is 0. The van der Waals surface area contributed by atoms with Gasteiger partial charge in [-0.3, -0.25) is 0 Å². The Kier molecular flexibility index (Phi) is 6.44. The van der Waals surface area contributed by atoms with Crippen molar-refractivity contribution in [1.29, 1.82) is 0 Å². The maximum atomic E-state index is 5.42. The first-order valence-electron chi connectivity index (χ1n) is 10.7. The van der Waals surface area contributed by atoms with Crippen LogP contribution in [0.25, 0.3) is 0 Å². The molecule has 29 heavy (non-hydrogen) atoms. The van der Waals surface area contributed by atoms with Crippen molar-refractivity contribution in [2.24, 2.45) is 0 Å². The zero-order chi connectivity index (χ0) is 20.1. The van der Waals surface area contributed by atoms with E-state index in [2.05, 4.69) is 57.7 Å². The molecule has 0 saturated carbocycles. The van der Waals surface area contributed by atoms with Gasteiger partial charge in [0.1, 0.15) is 11.6 Å². The number of thiocarbonyl (C=S) groups is 1. The highest BCUT2D eigenvalue weighted by molar-refractivity contribution is 7.80. The Bertz CT molecular complexity index is 849. The summed E-state index contributed by atoms with van der Waals surface area (Å²) in [6.07, 6.45) is 5.80. The lowest BCUT2D eigenvalue weighted by atomic mass is 10.00. The van der Waals surface area contributed by atoms with Gasteiger partial charge in [-0.05, 0) is 55.4 Å². The number of anilines is 3. The average Bonchev–Trinajstić information content (AvgIpc) is 2.77. The first kappa shape index (κ1) is 19.9. The van der Waals surface area contributed by atoms with Gasteiger partial charge in [0.2, 0.25) is 5.95 Å². The van der Waals surface area contributed by atoms with Crippen LogP contribution in [-0.4, -0.2) is 41.3 Å². The van der Waals surface area contributed by atoms with Gasteiger partial charge in [0.05, 0.1) is 0 Å². The molecule has 1 saturated heterocycles. The Morgan fingerprint density at radius 2 is 1.72 bits per heavy atom. The first-order valence-corrected chi connectivity index (χ1v) is 11.1. The normalized spacial score (nSPS) is 16.3. The summed E-state index contributed by atoms with van der Waals surface area (Å²) >= 11 is 5.42. The van der Waals surface area contributed by atoms with Gasteiger partial charge in [-0.1, -0.05) is 31.2 Å². The van der Waals surface area contributed by atoms with Crippen molar-refractivity contribution in [3.63, 3.8) is 0 Å². The van der Waals surface area contributed by atoms with Gasteiger partial charge in [0, 0.05) is 38.8 Å². The number of fused-ring (bicyclic) bond motifs is 1. The van der Waals surface area contributed by atoms with Gasteiger partial charge in [0.25, 0.3) is 0 Å². The van der Waals surface area contributed by atoms with Gasteiger partial charge in [0.15, 0.2) is 5.11 Å². The number of piperidine rings is 1. The Hall–Kier alpha value is -2.41. The number of hydrogen-bond donors (Lipinski definition) is 2. The van der Waals surface area contributed by atoms with Crippen LogP contribution in [0, 0.1) is 0 Å². The monoisotopic (exact) mass is 410 g/mol. The predicted molar refractivity (Wildman–Crippen MR) is 124 cm³/mol. The molecule has 6 nitrogen and oxygen atoms in total. The summed E-state index contributed by atoms with van der Waals surface area (Å²) in [6.45, 7) is 6.91. The number of nitrogens with zero attached hydrogens (tertiary/aromatic N) is 4. The van der Waals surface area contributed by atoms with Crippen LogP contribution in [0.15, 0.2) is 30.3 Å². The summed E-state index contributed by atoms with van der Waals surface area (Å²) in [6, 6.07) is 10.8. The predicted octanol–water partition coefficient (Wildman–Crippen LogP) is 3.73. The van der Waals surface area contributed by atoms with Crippen molar-refractivity contribution in [2.45, 2.75) is 45.6 Å². The largest absolute Gasteiger partial charge is 0.362 e. The molecule has 3 heterocycles. The van der Waals surface area contributed by atoms with Crippen LogP contribution >= 0.6 is 12.2 Å². The van der Waals surface area contributed by atoms with Crippen LogP contribution in [0.3, 0.4) is 0 Å². The lowest BCUT2D eigenvalue weighted by Gasteiger charge is -2.32. The third kappa shape index (κ3) is 4.96. The molecule has 154 valence electrons. The van der Waals surface area contributed by atoms with Gasteiger partial charge >= 0.3 is 0 Å². The Labute approximate surface area is 178 Å². The molecule has 2 aromatic rings. The molecule has 1 aromatic heterocycles. The maximum Gasteiger partial charge on any atom is 0.232 e. The van der Waals surface area contributed by atoms with Crippen LogP contribution in [-0.2, 0) is 13.0 Å². The van der Waals surface area contributed by atoms with Gasteiger partial charge in [-0.15, -0.1) is 0 Å². The SMILES string of the molecule is CCCNC(=S)Nc1nc(N2CCCCC2)cc(N2CCc3ccccc3C2)n1. The fraction of sp³-hybridized carbons (Fsp3) is 0.500. The fourth-order valence-electron chi connectivity index (χ4n) is 4.00. The summed E-state index contributed by atoms with van der Waals surface area (Å²) in [5.74, 6) is 2.54. The average molecular weight is 411 g/mol. The molecule has 7 heteroatoms. The minimum atomic E-state index is 0.579. The molecule has 0 spiro atoms. The highest BCUT2D eigenvalue weighted by Crippen LogP contribution is 2.28. The lowest BCUT2D eigenvalue weighted by Crippen LogP contribution is -2.34. The minimum absolute atomic E-state index is 0.579. The molecule has 2 N–H and O–H groups in total. The second kappa shape index (κ2) is 9.39. The lowest BCUT2D eigenvalue weighted by molar-refractivity contribution is 0.573. The molecule has 1 aromatic carbocycles. The second-order valence-electron chi connectivity index (χ2n) is 7.78. The van der Waals surface area contributed by atoms with E-state index < -0.39 is 0 Å².